The molecule has 1 aromatic rings. The quantitative estimate of drug-likeness (QED) is 0.896. The fourth-order valence-electron chi connectivity index (χ4n) is 2.83. The van der Waals surface area contributed by atoms with Gasteiger partial charge < -0.3 is 10.1 Å². The molecule has 1 amide bonds. The summed E-state index contributed by atoms with van der Waals surface area (Å²) in [6.45, 7) is 3.99. The van der Waals surface area contributed by atoms with Crippen molar-refractivity contribution in [2.75, 3.05) is 0 Å². The van der Waals surface area contributed by atoms with E-state index in [1.54, 1.807) is 0 Å². The first kappa shape index (κ1) is 15.9. The molecule has 3 nitrogen and oxygen atoms in total. The molecule has 116 valence electrons. The molecule has 1 saturated carbocycles. The number of carbonyl (C=O) groups is 1. The Kier molecular flexibility index (Phi) is 6.09. The predicted molar refractivity (Wildman–Crippen MR) is 85.8 cm³/mol. The lowest BCUT2D eigenvalue weighted by Gasteiger charge is -2.21. The van der Waals surface area contributed by atoms with Crippen molar-refractivity contribution in [3.05, 3.63) is 29.8 Å². The first-order valence-electron chi connectivity index (χ1n) is 8.23. The van der Waals surface area contributed by atoms with Crippen LogP contribution >= 0.6 is 0 Å². The molecule has 1 fully saturated rings. The van der Waals surface area contributed by atoms with Gasteiger partial charge in [0.25, 0.3) is 5.91 Å². The monoisotopic (exact) mass is 289 g/mol. The Balaban J connectivity index is 1.89. The summed E-state index contributed by atoms with van der Waals surface area (Å²) < 4.78 is 5.60. The number of rotatable bonds is 4. The fourth-order valence-corrected chi connectivity index (χ4v) is 2.83. The Hall–Kier alpha value is -1.51. The molecule has 1 aromatic carbocycles. The third kappa shape index (κ3) is 5.41. The summed E-state index contributed by atoms with van der Waals surface area (Å²) in [4.78, 5) is 12.3. The molecular weight excluding hydrogens is 262 g/mol. The zero-order valence-corrected chi connectivity index (χ0v) is 13.2. The van der Waals surface area contributed by atoms with Crippen LogP contribution in [0.4, 0.5) is 0 Å². The van der Waals surface area contributed by atoms with Crippen molar-refractivity contribution in [3.8, 4) is 5.75 Å². The second kappa shape index (κ2) is 8.06. The van der Waals surface area contributed by atoms with Crippen LogP contribution in [-0.4, -0.2) is 18.1 Å². The van der Waals surface area contributed by atoms with E-state index in [9.17, 15) is 4.79 Å². The second-order valence-electron chi connectivity index (χ2n) is 6.21. The molecule has 1 aliphatic rings. The Morgan fingerprint density at radius 1 is 1.05 bits per heavy atom. The van der Waals surface area contributed by atoms with Crippen LogP contribution in [0.3, 0.4) is 0 Å². The number of benzene rings is 1. The van der Waals surface area contributed by atoms with E-state index < -0.39 is 0 Å². The molecule has 0 atom stereocenters. The summed E-state index contributed by atoms with van der Waals surface area (Å²) in [6, 6.07) is 7.76. The highest BCUT2D eigenvalue weighted by Crippen LogP contribution is 2.18. The summed E-state index contributed by atoms with van der Waals surface area (Å²) in [7, 11) is 0. The van der Waals surface area contributed by atoms with E-state index in [1.165, 1.54) is 32.1 Å². The molecule has 0 spiro atoms. The summed E-state index contributed by atoms with van der Waals surface area (Å²) in [5.74, 6) is 0.851. The third-order valence-electron chi connectivity index (χ3n) is 3.93. The summed E-state index contributed by atoms with van der Waals surface area (Å²) in [6.07, 6.45) is 8.78. The molecule has 1 aliphatic carbocycles. The summed E-state index contributed by atoms with van der Waals surface area (Å²) in [5.41, 5.74) is 0.716. The van der Waals surface area contributed by atoms with Gasteiger partial charge in [0.1, 0.15) is 5.75 Å². The van der Waals surface area contributed by atoms with Crippen molar-refractivity contribution in [1.82, 2.24) is 5.32 Å². The topological polar surface area (TPSA) is 38.3 Å². The van der Waals surface area contributed by atoms with E-state index in [1.807, 2.05) is 38.1 Å². The fraction of sp³-hybridized carbons (Fsp3) is 0.611. The molecule has 3 heteroatoms. The number of carbonyl (C=O) groups excluding carboxylic acids is 1. The minimum absolute atomic E-state index is 0.0386. The molecular formula is C18H27NO2. The molecule has 0 bridgehead atoms. The minimum atomic E-state index is 0.0386. The van der Waals surface area contributed by atoms with Gasteiger partial charge >= 0.3 is 0 Å². The smallest absolute Gasteiger partial charge is 0.251 e. The van der Waals surface area contributed by atoms with Gasteiger partial charge in [0, 0.05) is 11.6 Å². The molecule has 0 aliphatic heterocycles. The highest BCUT2D eigenvalue weighted by atomic mass is 16.5. The van der Waals surface area contributed by atoms with Crippen LogP contribution in [0.25, 0.3) is 0 Å². The number of hydrogen-bond donors (Lipinski definition) is 1. The van der Waals surface area contributed by atoms with E-state index in [-0.39, 0.29) is 12.0 Å². The number of ether oxygens (including phenoxy) is 1. The predicted octanol–water partition coefficient (Wildman–Crippen LogP) is 4.32. The van der Waals surface area contributed by atoms with Gasteiger partial charge in [-0.3, -0.25) is 4.79 Å². The number of hydrogen-bond acceptors (Lipinski definition) is 2. The van der Waals surface area contributed by atoms with Crippen LogP contribution in [0.5, 0.6) is 5.75 Å². The van der Waals surface area contributed by atoms with Crippen molar-refractivity contribution >= 4 is 5.91 Å². The third-order valence-corrected chi connectivity index (χ3v) is 3.93. The highest BCUT2D eigenvalue weighted by molar-refractivity contribution is 5.94. The maximum Gasteiger partial charge on any atom is 0.251 e. The largest absolute Gasteiger partial charge is 0.491 e. The highest BCUT2D eigenvalue weighted by Gasteiger charge is 2.15. The van der Waals surface area contributed by atoms with E-state index in [0.717, 1.165) is 18.6 Å². The van der Waals surface area contributed by atoms with E-state index in [4.69, 9.17) is 4.74 Å². The van der Waals surface area contributed by atoms with Gasteiger partial charge in [-0.2, -0.15) is 0 Å². The van der Waals surface area contributed by atoms with Crippen LogP contribution < -0.4 is 10.1 Å². The van der Waals surface area contributed by atoms with Crippen molar-refractivity contribution in [2.45, 2.75) is 70.9 Å². The lowest BCUT2D eigenvalue weighted by Crippen LogP contribution is -2.35. The van der Waals surface area contributed by atoms with Gasteiger partial charge in [-0.1, -0.05) is 32.1 Å². The maximum absolute atomic E-state index is 12.3. The van der Waals surface area contributed by atoms with Crippen LogP contribution in [0.1, 0.15) is 69.2 Å². The molecule has 2 rings (SSSR count). The molecule has 0 radical (unpaired) electrons. The Bertz CT molecular complexity index is 431. The van der Waals surface area contributed by atoms with Crippen LogP contribution in [0.2, 0.25) is 0 Å². The minimum Gasteiger partial charge on any atom is -0.491 e. The zero-order valence-electron chi connectivity index (χ0n) is 13.2. The van der Waals surface area contributed by atoms with Gasteiger partial charge in [-0.15, -0.1) is 0 Å². The van der Waals surface area contributed by atoms with Crippen molar-refractivity contribution in [3.63, 3.8) is 0 Å². The molecule has 0 saturated heterocycles. The Morgan fingerprint density at radius 2 is 1.62 bits per heavy atom. The van der Waals surface area contributed by atoms with Crippen molar-refractivity contribution < 1.29 is 9.53 Å². The molecule has 0 aromatic heterocycles. The first-order valence-corrected chi connectivity index (χ1v) is 8.23. The lowest BCUT2D eigenvalue weighted by molar-refractivity contribution is 0.0930. The molecule has 0 heterocycles. The van der Waals surface area contributed by atoms with Crippen LogP contribution in [-0.2, 0) is 0 Å². The van der Waals surface area contributed by atoms with Gasteiger partial charge in [0.05, 0.1) is 6.10 Å². The normalized spacial score (nSPS) is 17.1. The average Bonchev–Trinajstić information content (AvgIpc) is 2.41. The first-order chi connectivity index (χ1) is 10.1. The average molecular weight is 289 g/mol. The molecule has 21 heavy (non-hydrogen) atoms. The lowest BCUT2D eigenvalue weighted by atomic mass is 9.96. The summed E-state index contributed by atoms with van der Waals surface area (Å²) in [5, 5.41) is 3.18. The zero-order chi connectivity index (χ0) is 15.1. The Labute approximate surface area is 128 Å². The van der Waals surface area contributed by atoms with Gasteiger partial charge in [0.2, 0.25) is 0 Å². The van der Waals surface area contributed by atoms with Crippen molar-refractivity contribution in [1.29, 1.82) is 0 Å². The SMILES string of the molecule is CC(C)Oc1ccc(C(=O)NC2CCCCCCC2)cc1. The van der Waals surface area contributed by atoms with Gasteiger partial charge in [-0.25, -0.2) is 0 Å². The van der Waals surface area contributed by atoms with E-state index >= 15 is 0 Å². The Morgan fingerprint density at radius 3 is 2.19 bits per heavy atom. The number of amides is 1. The van der Waals surface area contributed by atoms with Crippen molar-refractivity contribution in [2.24, 2.45) is 0 Å². The molecule has 1 N–H and O–H groups in total. The number of nitrogens with one attached hydrogen (secondary N) is 1. The van der Waals surface area contributed by atoms with Crippen LogP contribution in [0.15, 0.2) is 24.3 Å². The standard InChI is InChI=1S/C18H27NO2/c1-14(2)21-17-12-10-15(11-13-17)18(20)19-16-8-6-4-3-5-7-9-16/h10-14,16H,3-9H2,1-2H3,(H,19,20). The van der Waals surface area contributed by atoms with Crippen LogP contribution in [0, 0.1) is 0 Å². The maximum atomic E-state index is 12.3. The summed E-state index contributed by atoms with van der Waals surface area (Å²) >= 11 is 0. The van der Waals surface area contributed by atoms with Gasteiger partial charge in [0.15, 0.2) is 0 Å². The molecule has 0 unspecified atom stereocenters. The van der Waals surface area contributed by atoms with Gasteiger partial charge in [-0.05, 0) is 51.0 Å². The second-order valence-corrected chi connectivity index (χ2v) is 6.21. The van der Waals surface area contributed by atoms with E-state index in [2.05, 4.69) is 5.32 Å². The van der Waals surface area contributed by atoms with E-state index in [0.29, 0.717) is 11.6 Å².